The summed E-state index contributed by atoms with van der Waals surface area (Å²) in [5.41, 5.74) is 1.77. The van der Waals surface area contributed by atoms with Gasteiger partial charge in [-0.2, -0.15) is 0 Å². The van der Waals surface area contributed by atoms with Gasteiger partial charge in [-0.25, -0.2) is 0 Å². The molecule has 2 heterocycles. The van der Waals surface area contributed by atoms with E-state index in [2.05, 4.69) is 47.4 Å². The van der Waals surface area contributed by atoms with Gasteiger partial charge < -0.3 is 19.7 Å². The van der Waals surface area contributed by atoms with Gasteiger partial charge >= 0.3 is 0 Å². The number of aromatic nitrogens is 1. The van der Waals surface area contributed by atoms with Gasteiger partial charge in [-0.3, -0.25) is 0 Å². The number of aliphatic hydroxyl groups is 1. The second-order valence-electron chi connectivity index (χ2n) is 5.75. The van der Waals surface area contributed by atoms with Crippen molar-refractivity contribution in [2.75, 3.05) is 13.2 Å². The first kappa shape index (κ1) is 13.6. The Bertz CT molecular complexity index is 608. The molecule has 0 spiro atoms. The maximum absolute atomic E-state index is 10.5. The summed E-state index contributed by atoms with van der Waals surface area (Å²) in [6, 6.07) is 8.38. The van der Waals surface area contributed by atoms with Gasteiger partial charge in [0.2, 0.25) is 0 Å². The standard InChI is InChI=1S/C16H22N2O2/c1-12-16(19,7-8-20-12)11-17-9-13-10-18(2)15-6-4-3-5-14(13)15/h3-6,10,12,17,19H,7-9,11H2,1-2H3. The van der Waals surface area contributed by atoms with E-state index >= 15 is 0 Å². The smallest absolute Gasteiger partial charge is 0.105 e. The lowest BCUT2D eigenvalue weighted by Gasteiger charge is -2.26. The molecule has 1 aliphatic rings. The van der Waals surface area contributed by atoms with Crippen molar-refractivity contribution in [2.45, 2.75) is 31.6 Å². The molecule has 4 nitrogen and oxygen atoms in total. The van der Waals surface area contributed by atoms with Crippen molar-refractivity contribution >= 4 is 10.9 Å². The van der Waals surface area contributed by atoms with Crippen molar-refractivity contribution < 1.29 is 9.84 Å². The van der Waals surface area contributed by atoms with E-state index in [-0.39, 0.29) is 6.10 Å². The lowest BCUT2D eigenvalue weighted by molar-refractivity contribution is -0.0262. The SMILES string of the molecule is CC1OCCC1(O)CNCc1cn(C)c2ccccc12. The highest BCUT2D eigenvalue weighted by atomic mass is 16.5. The molecule has 0 saturated carbocycles. The topological polar surface area (TPSA) is 46.4 Å². The summed E-state index contributed by atoms with van der Waals surface area (Å²) in [6.45, 7) is 3.91. The third-order valence-electron chi connectivity index (χ3n) is 4.39. The average molecular weight is 274 g/mol. The van der Waals surface area contributed by atoms with Crippen LogP contribution in [-0.4, -0.2) is 34.5 Å². The minimum atomic E-state index is -0.732. The fourth-order valence-electron chi connectivity index (χ4n) is 2.98. The second kappa shape index (κ2) is 5.20. The molecule has 20 heavy (non-hydrogen) atoms. The number of nitrogens with zero attached hydrogens (tertiary/aromatic N) is 1. The number of aryl methyl sites for hydroxylation is 1. The minimum absolute atomic E-state index is 0.0949. The minimum Gasteiger partial charge on any atom is -0.386 e. The highest BCUT2D eigenvalue weighted by Gasteiger charge is 2.38. The lowest BCUT2D eigenvalue weighted by Crippen LogP contribution is -2.45. The molecule has 4 heteroatoms. The van der Waals surface area contributed by atoms with Crippen LogP contribution in [-0.2, 0) is 18.3 Å². The molecule has 1 aromatic carbocycles. The Morgan fingerprint density at radius 2 is 2.25 bits per heavy atom. The molecule has 0 aliphatic carbocycles. The van der Waals surface area contributed by atoms with Crippen molar-refractivity contribution in [1.29, 1.82) is 0 Å². The van der Waals surface area contributed by atoms with E-state index in [1.165, 1.54) is 16.5 Å². The number of benzene rings is 1. The van der Waals surface area contributed by atoms with Gasteiger partial charge in [0, 0.05) is 50.3 Å². The predicted molar refractivity (Wildman–Crippen MR) is 79.6 cm³/mol. The van der Waals surface area contributed by atoms with Crippen LogP contribution >= 0.6 is 0 Å². The largest absolute Gasteiger partial charge is 0.386 e. The van der Waals surface area contributed by atoms with Gasteiger partial charge in [-0.15, -0.1) is 0 Å². The molecule has 2 unspecified atom stereocenters. The van der Waals surface area contributed by atoms with Crippen molar-refractivity contribution in [3.8, 4) is 0 Å². The van der Waals surface area contributed by atoms with Gasteiger partial charge in [-0.05, 0) is 18.6 Å². The third kappa shape index (κ3) is 2.35. The molecular formula is C16H22N2O2. The number of ether oxygens (including phenoxy) is 1. The monoisotopic (exact) mass is 274 g/mol. The highest BCUT2D eigenvalue weighted by molar-refractivity contribution is 5.83. The molecular weight excluding hydrogens is 252 g/mol. The summed E-state index contributed by atoms with van der Waals surface area (Å²) < 4.78 is 7.59. The Labute approximate surface area is 119 Å². The van der Waals surface area contributed by atoms with Crippen LogP contribution in [0.1, 0.15) is 18.9 Å². The molecule has 2 atom stereocenters. The quantitative estimate of drug-likeness (QED) is 0.894. The molecule has 2 aromatic rings. The number of hydrogen-bond acceptors (Lipinski definition) is 3. The fraction of sp³-hybridized carbons (Fsp3) is 0.500. The van der Waals surface area contributed by atoms with E-state index in [1.807, 2.05) is 6.92 Å². The van der Waals surface area contributed by atoms with E-state index in [0.717, 1.165) is 6.54 Å². The lowest BCUT2D eigenvalue weighted by atomic mass is 9.96. The van der Waals surface area contributed by atoms with Gasteiger partial charge in [0.25, 0.3) is 0 Å². The summed E-state index contributed by atoms with van der Waals surface area (Å²) in [7, 11) is 2.06. The predicted octanol–water partition coefficient (Wildman–Crippen LogP) is 1.81. The van der Waals surface area contributed by atoms with Gasteiger partial charge in [0.15, 0.2) is 0 Å². The number of rotatable bonds is 4. The first-order valence-electron chi connectivity index (χ1n) is 7.18. The van der Waals surface area contributed by atoms with Crippen LogP contribution < -0.4 is 5.32 Å². The van der Waals surface area contributed by atoms with E-state index < -0.39 is 5.60 Å². The summed E-state index contributed by atoms with van der Waals surface area (Å²) >= 11 is 0. The molecule has 108 valence electrons. The molecule has 2 N–H and O–H groups in total. The first-order chi connectivity index (χ1) is 9.60. The van der Waals surface area contributed by atoms with Crippen LogP contribution in [0.15, 0.2) is 30.5 Å². The molecule has 1 fully saturated rings. The Balaban J connectivity index is 1.69. The van der Waals surface area contributed by atoms with Crippen LogP contribution in [0.3, 0.4) is 0 Å². The second-order valence-corrected chi connectivity index (χ2v) is 5.75. The Hall–Kier alpha value is -1.36. The first-order valence-corrected chi connectivity index (χ1v) is 7.18. The van der Waals surface area contributed by atoms with E-state index in [0.29, 0.717) is 19.6 Å². The maximum Gasteiger partial charge on any atom is 0.105 e. The van der Waals surface area contributed by atoms with E-state index in [9.17, 15) is 5.11 Å². The number of hydrogen-bond donors (Lipinski definition) is 2. The maximum atomic E-state index is 10.5. The molecule has 3 rings (SSSR count). The molecule has 1 aromatic heterocycles. The van der Waals surface area contributed by atoms with Crippen molar-refractivity contribution in [3.63, 3.8) is 0 Å². The Morgan fingerprint density at radius 1 is 1.45 bits per heavy atom. The zero-order chi connectivity index (χ0) is 14.2. The molecule has 1 saturated heterocycles. The number of fused-ring (bicyclic) bond motifs is 1. The van der Waals surface area contributed by atoms with Crippen LogP contribution in [0.5, 0.6) is 0 Å². The summed E-state index contributed by atoms with van der Waals surface area (Å²) in [6.07, 6.45) is 2.76. The van der Waals surface area contributed by atoms with Crippen LogP contribution in [0.25, 0.3) is 10.9 Å². The highest BCUT2D eigenvalue weighted by Crippen LogP contribution is 2.25. The van der Waals surface area contributed by atoms with Crippen molar-refractivity contribution in [2.24, 2.45) is 7.05 Å². The molecule has 0 radical (unpaired) electrons. The van der Waals surface area contributed by atoms with Gasteiger partial charge in [-0.1, -0.05) is 18.2 Å². The molecule has 0 amide bonds. The van der Waals surface area contributed by atoms with E-state index in [4.69, 9.17) is 4.74 Å². The van der Waals surface area contributed by atoms with Crippen LogP contribution in [0.4, 0.5) is 0 Å². The van der Waals surface area contributed by atoms with Gasteiger partial charge in [0.05, 0.1) is 6.10 Å². The zero-order valence-electron chi connectivity index (χ0n) is 12.1. The Morgan fingerprint density at radius 3 is 3.00 bits per heavy atom. The number of nitrogens with one attached hydrogen (secondary N) is 1. The average Bonchev–Trinajstić information content (AvgIpc) is 2.93. The molecule has 0 bridgehead atoms. The van der Waals surface area contributed by atoms with Gasteiger partial charge in [0.1, 0.15) is 5.60 Å². The van der Waals surface area contributed by atoms with E-state index in [1.54, 1.807) is 0 Å². The molecule has 1 aliphatic heterocycles. The normalized spacial score (nSPS) is 26.4. The van der Waals surface area contributed by atoms with Crippen LogP contribution in [0.2, 0.25) is 0 Å². The zero-order valence-corrected chi connectivity index (χ0v) is 12.1. The fourth-order valence-corrected chi connectivity index (χ4v) is 2.98. The van der Waals surface area contributed by atoms with Crippen molar-refractivity contribution in [3.05, 3.63) is 36.0 Å². The summed E-state index contributed by atoms with van der Waals surface area (Å²) in [5, 5.41) is 15.1. The third-order valence-corrected chi connectivity index (χ3v) is 4.39. The Kier molecular flexibility index (Phi) is 3.54. The van der Waals surface area contributed by atoms with Crippen LogP contribution in [0, 0.1) is 0 Å². The number of para-hydroxylation sites is 1. The van der Waals surface area contributed by atoms with Crippen molar-refractivity contribution in [1.82, 2.24) is 9.88 Å². The summed E-state index contributed by atoms with van der Waals surface area (Å²) in [4.78, 5) is 0. The summed E-state index contributed by atoms with van der Waals surface area (Å²) in [5.74, 6) is 0.